The number of carbonyl (C=O) groups excluding carboxylic acids is 1. The molecule has 2 heterocycles. The van der Waals surface area contributed by atoms with Crippen molar-refractivity contribution in [3.05, 3.63) is 116 Å². The molecule has 1 aromatic heterocycles. The molecular weight excluding hydrogens is 405 g/mol. The van der Waals surface area contributed by atoms with Crippen LogP contribution in [0, 0.1) is 19.7 Å². The Morgan fingerprint density at radius 1 is 0.938 bits per heavy atom. The molecule has 0 fully saturated rings. The molecule has 4 nitrogen and oxygen atoms in total. The summed E-state index contributed by atoms with van der Waals surface area (Å²) in [7, 11) is 0. The van der Waals surface area contributed by atoms with Crippen LogP contribution in [0.1, 0.15) is 44.4 Å². The maximum absolute atomic E-state index is 13.6. The predicted octanol–water partition coefficient (Wildman–Crippen LogP) is 5.34. The Hall–Kier alpha value is -3.73. The van der Waals surface area contributed by atoms with E-state index in [-0.39, 0.29) is 22.9 Å². The van der Waals surface area contributed by atoms with Crippen molar-refractivity contribution < 1.29 is 13.6 Å². The summed E-state index contributed by atoms with van der Waals surface area (Å²) in [4.78, 5) is 28.7. The normalized spacial score (nSPS) is 15.4. The Bertz CT molecular complexity index is 1390. The van der Waals surface area contributed by atoms with Gasteiger partial charge in [-0.15, -0.1) is 0 Å². The third kappa shape index (κ3) is 3.30. The lowest BCUT2D eigenvalue weighted by Gasteiger charge is -2.25. The number of hydrogen-bond donors (Lipinski definition) is 0. The molecule has 0 saturated carbocycles. The Balaban J connectivity index is 1.67. The predicted molar refractivity (Wildman–Crippen MR) is 121 cm³/mol. The molecule has 160 valence electrons. The largest absolute Gasteiger partial charge is 0.450 e. The van der Waals surface area contributed by atoms with Gasteiger partial charge in [0.05, 0.1) is 17.0 Å². The topological polar surface area (TPSA) is 50.5 Å². The summed E-state index contributed by atoms with van der Waals surface area (Å²) in [5, 5.41) is 0.455. The molecule has 1 amide bonds. The molecule has 0 aliphatic carbocycles. The van der Waals surface area contributed by atoms with E-state index in [1.54, 1.807) is 23.1 Å². The summed E-state index contributed by atoms with van der Waals surface area (Å²) in [5.41, 5.74) is 4.26. The van der Waals surface area contributed by atoms with E-state index in [9.17, 15) is 14.0 Å². The van der Waals surface area contributed by atoms with Gasteiger partial charge in [-0.05, 0) is 66.8 Å². The summed E-state index contributed by atoms with van der Waals surface area (Å²) < 4.78 is 19.6. The maximum atomic E-state index is 13.6. The number of amides is 1. The van der Waals surface area contributed by atoms with Crippen LogP contribution in [0.15, 0.2) is 75.9 Å². The molecule has 0 N–H and O–H groups in total. The molecular formula is C27H22FNO3. The van der Waals surface area contributed by atoms with Crippen LogP contribution in [0.2, 0.25) is 0 Å². The minimum absolute atomic E-state index is 0.0770. The van der Waals surface area contributed by atoms with Crippen LogP contribution in [0.4, 0.5) is 4.39 Å². The second-order valence-electron chi connectivity index (χ2n) is 8.29. The zero-order valence-electron chi connectivity index (χ0n) is 17.9. The van der Waals surface area contributed by atoms with Gasteiger partial charge in [-0.1, -0.05) is 42.5 Å². The van der Waals surface area contributed by atoms with Gasteiger partial charge in [0.15, 0.2) is 5.43 Å². The number of hydrogen-bond acceptors (Lipinski definition) is 3. The molecule has 4 aromatic rings. The van der Waals surface area contributed by atoms with E-state index in [4.69, 9.17) is 4.42 Å². The molecule has 1 aliphatic heterocycles. The van der Waals surface area contributed by atoms with Crippen molar-refractivity contribution in [3.63, 3.8) is 0 Å². The van der Waals surface area contributed by atoms with Gasteiger partial charge in [-0.25, -0.2) is 4.39 Å². The number of halogens is 1. The number of aryl methyl sites for hydroxylation is 2. The average Bonchev–Trinajstić information content (AvgIpc) is 3.07. The fraction of sp³-hybridized carbons (Fsp3) is 0.185. The van der Waals surface area contributed by atoms with E-state index in [1.165, 1.54) is 12.1 Å². The van der Waals surface area contributed by atoms with Gasteiger partial charge >= 0.3 is 0 Å². The highest BCUT2D eigenvalue weighted by Crippen LogP contribution is 2.38. The quantitative estimate of drug-likeness (QED) is 0.442. The van der Waals surface area contributed by atoms with E-state index in [2.05, 4.69) is 0 Å². The number of nitrogens with zero attached hydrogens (tertiary/aromatic N) is 1. The van der Waals surface area contributed by atoms with Crippen molar-refractivity contribution in [3.8, 4) is 0 Å². The van der Waals surface area contributed by atoms with Crippen molar-refractivity contribution in [1.29, 1.82) is 0 Å². The Labute approximate surface area is 184 Å². The highest BCUT2D eigenvalue weighted by molar-refractivity contribution is 5.99. The van der Waals surface area contributed by atoms with Crippen molar-refractivity contribution in [2.45, 2.75) is 26.3 Å². The first kappa shape index (κ1) is 20.2. The van der Waals surface area contributed by atoms with Gasteiger partial charge in [0.2, 0.25) is 5.76 Å². The Kier molecular flexibility index (Phi) is 4.89. The average molecular weight is 427 g/mol. The maximum Gasteiger partial charge on any atom is 0.290 e. The zero-order chi connectivity index (χ0) is 22.4. The molecule has 0 saturated heterocycles. The molecule has 5 heteroatoms. The SMILES string of the molecule is Cc1cc2oc3c(c(=O)c2cc1C)C(c1ccc(F)cc1)N(CCc1ccccc1)C3=O. The van der Waals surface area contributed by atoms with Gasteiger partial charge in [0.1, 0.15) is 11.4 Å². The number of benzene rings is 3. The fourth-order valence-electron chi connectivity index (χ4n) is 4.39. The van der Waals surface area contributed by atoms with E-state index in [1.807, 2.05) is 50.2 Å². The van der Waals surface area contributed by atoms with Gasteiger partial charge in [-0.2, -0.15) is 0 Å². The smallest absolute Gasteiger partial charge is 0.290 e. The highest BCUT2D eigenvalue weighted by atomic mass is 19.1. The van der Waals surface area contributed by atoms with Crippen LogP contribution in [0.5, 0.6) is 0 Å². The lowest BCUT2D eigenvalue weighted by atomic mass is 9.97. The second-order valence-corrected chi connectivity index (χ2v) is 8.29. The molecule has 0 spiro atoms. The zero-order valence-corrected chi connectivity index (χ0v) is 17.9. The van der Waals surface area contributed by atoms with Crippen LogP contribution in [0.25, 0.3) is 11.0 Å². The second kappa shape index (κ2) is 7.75. The van der Waals surface area contributed by atoms with Crippen LogP contribution >= 0.6 is 0 Å². The van der Waals surface area contributed by atoms with E-state index < -0.39 is 6.04 Å². The van der Waals surface area contributed by atoms with Crippen LogP contribution in [-0.2, 0) is 6.42 Å². The van der Waals surface area contributed by atoms with E-state index in [0.717, 1.165) is 16.7 Å². The summed E-state index contributed by atoms with van der Waals surface area (Å²) >= 11 is 0. The first-order valence-corrected chi connectivity index (χ1v) is 10.6. The summed E-state index contributed by atoms with van der Waals surface area (Å²) in [5.74, 6) is -0.610. The molecule has 5 rings (SSSR count). The standard InChI is InChI=1S/C27H22FNO3/c1-16-14-21-22(15-17(16)2)32-26-23(25(21)30)24(19-8-10-20(28)11-9-19)29(27(26)31)13-12-18-6-4-3-5-7-18/h3-11,14-15,24H,12-13H2,1-2H3. The van der Waals surface area contributed by atoms with Crippen molar-refractivity contribution in [1.82, 2.24) is 4.90 Å². The van der Waals surface area contributed by atoms with Crippen LogP contribution in [0.3, 0.4) is 0 Å². The third-order valence-electron chi connectivity index (χ3n) is 6.25. The van der Waals surface area contributed by atoms with Crippen molar-refractivity contribution in [2.75, 3.05) is 6.54 Å². The van der Waals surface area contributed by atoms with Gasteiger partial charge in [0.25, 0.3) is 5.91 Å². The van der Waals surface area contributed by atoms with Crippen LogP contribution in [-0.4, -0.2) is 17.4 Å². The number of fused-ring (bicyclic) bond motifs is 2. The first-order valence-electron chi connectivity index (χ1n) is 10.6. The number of rotatable bonds is 4. The molecule has 3 aromatic carbocycles. The lowest BCUT2D eigenvalue weighted by molar-refractivity contribution is 0.0730. The van der Waals surface area contributed by atoms with E-state index >= 15 is 0 Å². The Morgan fingerprint density at radius 3 is 2.34 bits per heavy atom. The van der Waals surface area contributed by atoms with Crippen molar-refractivity contribution >= 4 is 16.9 Å². The van der Waals surface area contributed by atoms with Gasteiger partial charge in [-0.3, -0.25) is 9.59 Å². The monoisotopic (exact) mass is 427 g/mol. The Morgan fingerprint density at radius 2 is 1.62 bits per heavy atom. The third-order valence-corrected chi connectivity index (χ3v) is 6.25. The minimum Gasteiger partial charge on any atom is -0.450 e. The molecule has 32 heavy (non-hydrogen) atoms. The molecule has 1 unspecified atom stereocenters. The molecule has 0 radical (unpaired) electrons. The lowest BCUT2D eigenvalue weighted by Crippen LogP contribution is -2.31. The minimum atomic E-state index is -0.621. The highest BCUT2D eigenvalue weighted by Gasteiger charge is 2.42. The summed E-state index contributed by atoms with van der Waals surface area (Å²) in [6, 6.07) is 18.8. The summed E-state index contributed by atoms with van der Waals surface area (Å²) in [6.07, 6.45) is 0.629. The van der Waals surface area contributed by atoms with E-state index in [0.29, 0.717) is 35.1 Å². The first-order chi connectivity index (χ1) is 15.4. The number of carbonyl (C=O) groups is 1. The molecule has 1 aliphatic rings. The summed E-state index contributed by atoms with van der Waals surface area (Å²) in [6.45, 7) is 4.29. The molecule has 0 bridgehead atoms. The van der Waals surface area contributed by atoms with Gasteiger partial charge < -0.3 is 9.32 Å². The van der Waals surface area contributed by atoms with Crippen LogP contribution < -0.4 is 5.43 Å². The fourth-order valence-corrected chi connectivity index (χ4v) is 4.39. The van der Waals surface area contributed by atoms with Crippen molar-refractivity contribution in [2.24, 2.45) is 0 Å². The molecule has 1 atom stereocenters. The van der Waals surface area contributed by atoms with Gasteiger partial charge in [0, 0.05) is 6.54 Å².